The van der Waals surface area contributed by atoms with Gasteiger partial charge in [-0.05, 0) is 18.4 Å². The summed E-state index contributed by atoms with van der Waals surface area (Å²) in [5.74, 6) is -0.577. The van der Waals surface area contributed by atoms with E-state index in [4.69, 9.17) is 16.0 Å². The molecule has 2 heterocycles. The van der Waals surface area contributed by atoms with E-state index in [0.29, 0.717) is 23.4 Å². The Morgan fingerprint density at radius 2 is 2.06 bits per heavy atom. The van der Waals surface area contributed by atoms with Gasteiger partial charge in [-0.1, -0.05) is 42.5 Å². The van der Waals surface area contributed by atoms with E-state index < -0.39 is 19.7 Å². The third-order valence-corrected chi connectivity index (χ3v) is 6.25. The summed E-state index contributed by atoms with van der Waals surface area (Å²) < 4.78 is 19.4. The smallest absolute Gasteiger partial charge is 0.382 e. The molecule has 0 spiro atoms. The van der Waals surface area contributed by atoms with Crippen LogP contribution < -0.4 is 16.6 Å². The number of allylic oxidation sites excluding steroid dienone is 1. The Balaban J connectivity index is 1.29. The summed E-state index contributed by atoms with van der Waals surface area (Å²) >= 11 is 0. The predicted molar refractivity (Wildman–Crippen MR) is 118 cm³/mol. The van der Waals surface area contributed by atoms with Crippen molar-refractivity contribution < 1.29 is 18.8 Å². The summed E-state index contributed by atoms with van der Waals surface area (Å²) in [6, 6.07) is 8.14. The van der Waals surface area contributed by atoms with Crippen molar-refractivity contribution in [2.75, 3.05) is 12.3 Å². The van der Waals surface area contributed by atoms with Crippen molar-refractivity contribution in [3.05, 3.63) is 60.7 Å². The maximum Gasteiger partial charge on any atom is 0.432 e. The number of imidazole rings is 1. The van der Waals surface area contributed by atoms with Gasteiger partial charge in [0.05, 0.1) is 25.0 Å². The van der Waals surface area contributed by atoms with Gasteiger partial charge in [0.15, 0.2) is 11.5 Å². The van der Waals surface area contributed by atoms with Gasteiger partial charge in [0.25, 0.3) is 0 Å². The molecule has 11 nitrogen and oxygen atoms in total. The van der Waals surface area contributed by atoms with E-state index in [1.54, 1.807) is 6.33 Å². The number of aromatic nitrogens is 4. The van der Waals surface area contributed by atoms with Crippen LogP contribution in [0, 0.1) is 5.92 Å². The number of anilines is 1. The molecule has 168 valence electrons. The average molecular weight is 457 g/mol. The zero-order valence-electron chi connectivity index (χ0n) is 17.1. The molecule has 0 aliphatic heterocycles. The van der Waals surface area contributed by atoms with Crippen LogP contribution in [0.2, 0.25) is 0 Å². The van der Waals surface area contributed by atoms with Crippen LogP contribution in [0.25, 0.3) is 11.2 Å². The number of hydrogen-bond donors (Lipinski definition) is 4. The van der Waals surface area contributed by atoms with Gasteiger partial charge < -0.3 is 20.9 Å². The maximum absolute atomic E-state index is 12.3. The lowest BCUT2D eigenvalue weighted by atomic mass is 10.1. The third-order valence-electron chi connectivity index (χ3n) is 5.24. The van der Waals surface area contributed by atoms with Crippen molar-refractivity contribution in [3.8, 4) is 0 Å². The fourth-order valence-corrected chi connectivity index (χ4v) is 4.51. The highest BCUT2D eigenvalue weighted by molar-refractivity contribution is 7.51. The van der Waals surface area contributed by atoms with Crippen LogP contribution in [0.4, 0.5) is 5.82 Å². The molecule has 1 aromatic carbocycles. The molecule has 0 fully saturated rings. The molecule has 0 saturated carbocycles. The van der Waals surface area contributed by atoms with Crippen LogP contribution in [-0.4, -0.2) is 43.0 Å². The largest absolute Gasteiger partial charge is 0.432 e. The molecule has 1 amide bonds. The number of amides is 1. The SMILES string of the molecule is Nc1ncnc2c1ncn2[C@@H]1C=C[C@H](COP(=O)(O)NC(=O)[C@@H](N)Cc2ccccc2)C1. The van der Waals surface area contributed by atoms with Crippen molar-refractivity contribution in [1.29, 1.82) is 0 Å². The first-order valence-corrected chi connectivity index (χ1v) is 11.6. The van der Waals surface area contributed by atoms with Crippen LogP contribution in [0.1, 0.15) is 18.0 Å². The van der Waals surface area contributed by atoms with E-state index in [2.05, 4.69) is 15.0 Å². The Morgan fingerprint density at radius 1 is 1.28 bits per heavy atom. The first kappa shape index (κ1) is 22.1. The lowest BCUT2D eigenvalue weighted by molar-refractivity contribution is -0.121. The van der Waals surface area contributed by atoms with Gasteiger partial charge >= 0.3 is 7.75 Å². The molecule has 12 heteroatoms. The van der Waals surface area contributed by atoms with E-state index in [1.807, 2.05) is 52.1 Å². The third kappa shape index (κ3) is 5.03. The second kappa shape index (κ2) is 9.17. The highest BCUT2D eigenvalue weighted by atomic mass is 31.2. The van der Waals surface area contributed by atoms with Crippen LogP contribution in [0.5, 0.6) is 0 Å². The number of carbonyl (C=O) groups excluding carboxylic acids is 1. The molecule has 3 aromatic rings. The predicted octanol–water partition coefficient (Wildman–Crippen LogP) is 1.33. The van der Waals surface area contributed by atoms with E-state index in [1.165, 1.54) is 6.33 Å². The zero-order chi connectivity index (χ0) is 22.7. The second-order valence-electron chi connectivity index (χ2n) is 7.62. The van der Waals surface area contributed by atoms with Gasteiger partial charge in [-0.2, -0.15) is 0 Å². The number of nitrogens with two attached hydrogens (primary N) is 2. The van der Waals surface area contributed by atoms with Crippen molar-refractivity contribution in [2.24, 2.45) is 11.7 Å². The van der Waals surface area contributed by atoms with E-state index in [0.717, 1.165) is 5.56 Å². The molecule has 1 unspecified atom stereocenters. The fourth-order valence-electron chi connectivity index (χ4n) is 3.61. The highest BCUT2D eigenvalue weighted by Gasteiger charge is 2.29. The number of fused-ring (bicyclic) bond motifs is 1. The normalized spacial score (nSPS) is 20.8. The summed E-state index contributed by atoms with van der Waals surface area (Å²) in [5.41, 5.74) is 13.7. The Bertz CT molecular complexity index is 1180. The molecule has 0 bridgehead atoms. The Hall–Kier alpha value is -3.11. The van der Waals surface area contributed by atoms with E-state index in [-0.39, 0.29) is 25.0 Å². The summed E-state index contributed by atoms with van der Waals surface area (Å²) in [5, 5.41) is 2.02. The summed E-state index contributed by atoms with van der Waals surface area (Å²) in [4.78, 5) is 34.7. The Kier molecular flexibility index (Phi) is 6.33. The molecule has 4 rings (SSSR count). The lowest BCUT2D eigenvalue weighted by Gasteiger charge is -2.19. The number of nitrogens with one attached hydrogen (secondary N) is 1. The Morgan fingerprint density at radius 3 is 2.84 bits per heavy atom. The molecular weight excluding hydrogens is 433 g/mol. The van der Waals surface area contributed by atoms with Crippen LogP contribution in [-0.2, 0) is 20.3 Å². The molecule has 32 heavy (non-hydrogen) atoms. The summed E-state index contributed by atoms with van der Waals surface area (Å²) in [6.45, 7) is -0.0429. The first-order chi connectivity index (χ1) is 15.3. The van der Waals surface area contributed by atoms with Crippen molar-refractivity contribution in [3.63, 3.8) is 0 Å². The van der Waals surface area contributed by atoms with Crippen molar-refractivity contribution in [1.82, 2.24) is 24.6 Å². The molecule has 0 radical (unpaired) electrons. The van der Waals surface area contributed by atoms with E-state index in [9.17, 15) is 14.3 Å². The van der Waals surface area contributed by atoms with Gasteiger partial charge in [0.2, 0.25) is 5.91 Å². The minimum absolute atomic E-state index is 0.0429. The van der Waals surface area contributed by atoms with Gasteiger partial charge in [0.1, 0.15) is 11.8 Å². The zero-order valence-corrected chi connectivity index (χ0v) is 18.0. The molecular formula is C20H24N7O4P. The van der Waals surface area contributed by atoms with Crippen LogP contribution >= 0.6 is 7.75 Å². The molecule has 1 aliphatic carbocycles. The number of nitrogens with zero attached hydrogens (tertiary/aromatic N) is 4. The standard InChI is InChI=1S/C20H24N7O4P/c21-16(9-13-4-2-1-3-5-13)20(28)26-32(29,30)31-10-14-6-7-15(8-14)27-12-25-17-18(22)23-11-24-19(17)27/h1-7,11-12,14-16H,8-10,21H2,(H2,22,23,24)(H2,26,28,29,30)/t14-,15+,16-/m0/s1. The molecule has 1 aliphatic rings. The summed E-state index contributed by atoms with van der Waals surface area (Å²) in [6.07, 6.45) is 7.71. The number of nitrogen functional groups attached to an aromatic ring is 1. The van der Waals surface area contributed by atoms with Crippen LogP contribution in [0.3, 0.4) is 0 Å². The highest BCUT2D eigenvalue weighted by Crippen LogP contribution is 2.39. The maximum atomic E-state index is 12.3. The first-order valence-electron chi connectivity index (χ1n) is 10.0. The average Bonchev–Trinajstić information content (AvgIpc) is 3.40. The van der Waals surface area contributed by atoms with Gasteiger partial charge in [-0.15, -0.1) is 0 Å². The quantitative estimate of drug-likeness (QED) is 0.288. The molecule has 6 N–H and O–H groups in total. The van der Waals surface area contributed by atoms with Gasteiger partial charge in [0, 0.05) is 5.92 Å². The van der Waals surface area contributed by atoms with Crippen molar-refractivity contribution >= 4 is 30.6 Å². The molecule has 4 atom stereocenters. The monoisotopic (exact) mass is 457 g/mol. The topological polar surface area (TPSA) is 171 Å². The van der Waals surface area contributed by atoms with Crippen molar-refractivity contribution in [2.45, 2.75) is 24.9 Å². The van der Waals surface area contributed by atoms with Gasteiger partial charge in [-0.3, -0.25) is 14.4 Å². The Labute approximate surface area is 184 Å². The number of carbonyl (C=O) groups is 1. The minimum Gasteiger partial charge on any atom is -0.382 e. The van der Waals surface area contributed by atoms with Gasteiger partial charge in [-0.25, -0.2) is 19.5 Å². The fraction of sp³-hybridized carbons (Fsp3) is 0.300. The van der Waals surface area contributed by atoms with Crippen LogP contribution in [0.15, 0.2) is 55.1 Å². The number of hydrogen-bond acceptors (Lipinski definition) is 8. The minimum atomic E-state index is -4.35. The number of benzene rings is 1. The number of rotatable bonds is 8. The van der Waals surface area contributed by atoms with E-state index >= 15 is 0 Å². The second-order valence-corrected chi connectivity index (χ2v) is 9.14. The molecule has 2 aromatic heterocycles. The lowest BCUT2D eigenvalue weighted by Crippen LogP contribution is -2.40. The summed E-state index contributed by atoms with van der Waals surface area (Å²) in [7, 11) is -4.35. The molecule has 0 saturated heterocycles.